The van der Waals surface area contributed by atoms with Crippen molar-refractivity contribution in [3.63, 3.8) is 0 Å². The van der Waals surface area contributed by atoms with Crippen molar-refractivity contribution in [2.75, 3.05) is 6.54 Å². The maximum atomic E-state index is 6.21. The molecule has 4 rings (SSSR count). The van der Waals surface area contributed by atoms with Crippen LogP contribution in [0.5, 0.6) is 0 Å². The van der Waals surface area contributed by atoms with Crippen LogP contribution in [0.1, 0.15) is 24.3 Å². The minimum atomic E-state index is 0.486. The van der Waals surface area contributed by atoms with Gasteiger partial charge in [0.15, 0.2) is 0 Å². The van der Waals surface area contributed by atoms with Crippen LogP contribution in [-0.2, 0) is 13.0 Å². The molecule has 0 saturated carbocycles. The molecule has 0 N–H and O–H groups in total. The van der Waals surface area contributed by atoms with Crippen LogP contribution in [0, 0.1) is 0 Å². The van der Waals surface area contributed by atoms with E-state index in [-0.39, 0.29) is 0 Å². The van der Waals surface area contributed by atoms with Crippen molar-refractivity contribution in [2.45, 2.75) is 31.8 Å². The molecule has 1 unspecified atom stereocenters. The second-order valence-electron chi connectivity index (χ2n) is 6.44. The SMILES string of the molecule is Clc1ccccc1-c1nnc(CN2CCCC2Cc2ccccc2)o1. The van der Waals surface area contributed by atoms with E-state index in [2.05, 4.69) is 45.4 Å². The predicted molar refractivity (Wildman–Crippen MR) is 98.3 cm³/mol. The highest BCUT2D eigenvalue weighted by molar-refractivity contribution is 6.33. The Labute approximate surface area is 152 Å². The summed E-state index contributed by atoms with van der Waals surface area (Å²) in [5.41, 5.74) is 2.16. The van der Waals surface area contributed by atoms with Gasteiger partial charge in [0, 0.05) is 6.04 Å². The largest absolute Gasteiger partial charge is 0.419 e. The van der Waals surface area contributed by atoms with Gasteiger partial charge in [0.2, 0.25) is 11.8 Å². The molecule has 0 radical (unpaired) electrons. The van der Waals surface area contributed by atoms with Gasteiger partial charge in [-0.3, -0.25) is 4.90 Å². The van der Waals surface area contributed by atoms with Crippen LogP contribution in [0.2, 0.25) is 5.02 Å². The number of nitrogens with zero attached hydrogens (tertiary/aromatic N) is 3. The van der Waals surface area contributed by atoms with Gasteiger partial charge in [0.1, 0.15) is 0 Å². The number of benzene rings is 2. The third-order valence-electron chi connectivity index (χ3n) is 4.72. The van der Waals surface area contributed by atoms with Gasteiger partial charge in [-0.25, -0.2) is 0 Å². The Morgan fingerprint density at radius 2 is 1.84 bits per heavy atom. The first kappa shape index (κ1) is 16.3. The van der Waals surface area contributed by atoms with Gasteiger partial charge in [0.05, 0.1) is 17.1 Å². The molecule has 1 aromatic heterocycles. The Kier molecular flexibility index (Phi) is 4.81. The Hall–Kier alpha value is -2.17. The fourth-order valence-electron chi connectivity index (χ4n) is 3.46. The molecule has 1 atom stereocenters. The zero-order valence-corrected chi connectivity index (χ0v) is 14.7. The smallest absolute Gasteiger partial charge is 0.249 e. The van der Waals surface area contributed by atoms with Crippen LogP contribution >= 0.6 is 11.6 Å². The van der Waals surface area contributed by atoms with E-state index < -0.39 is 0 Å². The van der Waals surface area contributed by atoms with Crippen molar-refractivity contribution in [1.29, 1.82) is 0 Å². The first-order valence-electron chi connectivity index (χ1n) is 8.65. The van der Waals surface area contributed by atoms with Gasteiger partial charge in [-0.05, 0) is 43.5 Å². The quantitative estimate of drug-likeness (QED) is 0.672. The molecule has 5 heteroatoms. The number of rotatable bonds is 5. The molecule has 0 spiro atoms. The molecule has 3 aromatic rings. The van der Waals surface area contributed by atoms with Crippen LogP contribution in [0.3, 0.4) is 0 Å². The Morgan fingerprint density at radius 3 is 2.68 bits per heavy atom. The lowest BCUT2D eigenvalue weighted by Gasteiger charge is -2.22. The van der Waals surface area contributed by atoms with Crippen molar-refractivity contribution >= 4 is 11.6 Å². The molecule has 1 fully saturated rings. The Balaban J connectivity index is 1.46. The van der Waals surface area contributed by atoms with Crippen LogP contribution < -0.4 is 0 Å². The highest BCUT2D eigenvalue weighted by Crippen LogP contribution is 2.28. The van der Waals surface area contributed by atoms with Crippen molar-refractivity contribution < 1.29 is 4.42 Å². The zero-order chi connectivity index (χ0) is 17.1. The van der Waals surface area contributed by atoms with E-state index in [1.165, 1.54) is 18.4 Å². The van der Waals surface area contributed by atoms with Gasteiger partial charge in [-0.2, -0.15) is 0 Å². The molecule has 0 aliphatic carbocycles. The molecule has 1 aliphatic heterocycles. The van der Waals surface area contributed by atoms with Gasteiger partial charge in [-0.1, -0.05) is 54.1 Å². The van der Waals surface area contributed by atoms with Gasteiger partial charge >= 0.3 is 0 Å². The molecule has 4 nitrogen and oxygen atoms in total. The zero-order valence-electron chi connectivity index (χ0n) is 13.9. The van der Waals surface area contributed by atoms with Crippen molar-refractivity contribution in [1.82, 2.24) is 15.1 Å². The average molecular weight is 354 g/mol. The molecule has 1 aliphatic rings. The van der Waals surface area contributed by atoms with Gasteiger partial charge in [0.25, 0.3) is 0 Å². The normalized spacial score (nSPS) is 17.9. The Bertz CT molecular complexity index is 834. The number of halogens is 1. The lowest BCUT2D eigenvalue weighted by atomic mass is 10.0. The monoisotopic (exact) mass is 353 g/mol. The second kappa shape index (κ2) is 7.38. The van der Waals surface area contributed by atoms with Crippen LogP contribution in [-0.4, -0.2) is 27.7 Å². The topological polar surface area (TPSA) is 42.2 Å². The lowest BCUT2D eigenvalue weighted by Crippen LogP contribution is -2.30. The molecule has 0 bridgehead atoms. The fourth-order valence-corrected chi connectivity index (χ4v) is 3.67. The van der Waals surface area contributed by atoms with Crippen LogP contribution in [0.15, 0.2) is 59.0 Å². The third-order valence-corrected chi connectivity index (χ3v) is 5.05. The summed E-state index contributed by atoms with van der Waals surface area (Å²) in [6.45, 7) is 1.76. The molecule has 1 saturated heterocycles. The van der Waals surface area contributed by atoms with E-state index >= 15 is 0 Å². The second-order valence-corrected chi connectivity index (χ2v) is 6.84. The molecule has 128 valence electrons. The average Bonchev–Trinajstić information content (AvgIpc) is 3.27. The van der Waals surface area contributed by atoms with E-state index in [9.17, 15) is 0 Å². The number of likely N-dealkylation sites (tertiary alicyclic amines) is 1. The fraction of sp³-hybridized carbons (Fsp3) is 0.300. The summed E-state index contributed by atoms with van der Waals surface area (Å²) in [5.74, 6) is 1.13. The summed E-state index contributed by atoms with van der Waals surface area (Å²) < 4.78 is 5.86. The number of hydrogen-bond acceptors (Lipinski definition) is 4. The molecular formula is C20H20ClN3O. The van der Waals surface area contributed by atoms with E-state index in [1.54, 1.807) is 0 Å². The van der Waals surface area contributed by atoms with Crippen molar-refractivity contribution in [3.8, 4) is 11.5 Å². The molecular weight excluding hydrogens is 334 g/mol. The van der Waals surface area contributed by atoms with Crippen molar-refractivity contribution in [2.24, 2.45) is 0 Å². The number of aromatic nitrogens is 2. The van der Waals surface area contributed by atoms with E-state index in [0.29, 0.717) is 29.4 Å². The maximum Gasteiger partial charge on any atom is 0.249 e. The van der Waals surface area contributed by atoms with Gasteiger partial charge in [-0.15, -0.1) is 10.2 Å². The molecule has 2 aromatic carbocycles. The van der Waals surface area contributed by atoms with Crippen LogP contribution in [0.25, 0.3) is 11.5 Å². The van der Waals surface area contributed by atoms with Crippen molar-refractivity contribution in [3.05, 3.63) is 71.1 Å². The first-order chi connectivity index (χ1) is 12.3. The highest BCUT2D eigenvalue weighted by atomic mass is 35.5. The van der Waals surface area contributed by atoms with Crippen LogP contribution in [0.4, 0.5) is 0 Å². The van der Waals surface area contributed by atoms with E-state index in [0.717, 1.165) is 18.5 Å². The summed E-state index contributed by atoms with van der Waals surface area (Å²) in [4.78, 5) is 2.44. The third kappa shape index (κ3) is 3.75. The maximum absolute atomic E-state index is 6.21. The number of hydrogen-bond donors (Lipinski definition) is 0. The summed E-state index contributed by atoms with van der Waals surface area (Å²) in [7, 11) is 0. The summed E-state index contributed by atoms with van der Waals surface area (Å²) in [6.07, 6.45) is 3.48. The van der Waals surface area contributed by atoms with E-state index in [4.69, 9.17) is 16.0 Å². The summed E-state index contributed by atoms with van der Waals surface area (Å²) >= 11 is 6.21. The predicted octanol–water partition coefficient (Wildman–Crippen LogP) is 4.60. The van der Waals surface area contributed by atoms with E-state index in [1.807, 2.05) is 24.3 Å². The summed E-state index contributed by atoms with van der Waals surface area (Å²) in [5, 5.41) is 9.02. The standard InChI is InChI=1S/C20H20ClN3O/c21-18-11-5-4-10-17(18)20-23-22-19(25-20)14-24-12-6-9-16(24)13-15-7-2-1-3-8-15/h1-5,7-8,10-11,16H,6,9,12-14H2. The highest BCUT2D eigenvalue weighted by Gasteiger charge is 2.26. The first-order valence-corrected chi connectivity index (χ1v) is 9.02. The molecule has 2 heterocycles. The minimum absolute atomic E-state index is 0.486. The molecule has 25 heavy (non-hydrogen) atoms. The lowest BCUT2D eigenvalue weighted by molar-refractivity contribution is 0.221. The minimum Gasteiger partial charge on any atom is -0.419 e. The molecule has 0 amide bonds. The Morgan fingerprint density at radius 1 is 1.04 bits per heavy atom. The van der Waals surface area contributed by atoms with Gasteiger partial charge < -0.3 is 4.42 Å². The summed E-state index contributed by atoms with van der Waals surface area (Å²) in [6, 6.07) is 18.7.